The van der Waals surface area contributed by atoms with Crippen LogP contribution in [0.15, 0.2) is 12.2 Å². The van der Waals surface area contributed by atoms with Crippen molar-refractivity contribution in [1.29, 1.82) is 0 Å². The van der Waals surface area contributed by atoms with E-state index in [2.05, 4.69) is 19.1 Å². The summed E-state index contributed by atoms with van der Waals surface area (Å²) in [6, 6.07) is 0. The number of aliphatic hydroxyl groups excluding tert-OH is 1. The molecule has 0 aliphatic heterocycles. The van der Waals surface area contributed by atoms with Gasteiger partial charge in [0, 0.05) is 6.42 Å². The molecular weight excluding hydrogens is 969 g/mol. The van der Waals surface area contributed by atoms with Crippen LogP contribution in [0.1, 0.15) is 96.8 Å². The van der Waals surface area contributed by atoms with Crippen LogP contribution in [-0.4, -0.2) is 249 Å². The summed E-state index contributed by atoms with van der Waals surface area (Å²) in [5.74, 6) is -0.146. The molecule has 0 aromatic carbocycles. The van der Waals surface area contributed by atoms with Crippen molar-refractivity contribution in [3.63, 3.8) is 0 Å². The third kappa shape index (κ3) is 68.5. The third-order valence-electron chi connectivity index (χ3n) is 10.3. The summed E-state index contributed by atoms with van der Waals surface area (Å²) in [5.41, 5.74) is 0. The first-order chi connectivity index (χ1) is 36.8. The number of ether oxygens (including phenoxy) is 18. The van der Waals surface area contributed by atoms with Crippen LogP contribution in [0.4, 0.5) is 0 Å². The molecule has 0 saturated heterocycles. The lowest BCUT2D eigenvalue weighted by Crippen LogP contribution is -2.16. The van der Waals surface area contributed by atoms with Crippen molar-refractivity contribution in [1.82, 2.24) is 0 Å². The maximum atomic E-state index is 11.9. The Morgan fingerprint density at radius 2 is 0.473 bits per heavy atom. The van der Waals surface area contributed by atoms with Gasteiger partial charge in [-0.25, -0.2) is 0 Å². The van der Waals surface area contributed by atoms with Gasteiger partial charge in [-0.1, -0.05) is 70.4 Å². The molecule has 0 radical (unpaired) electrons. The van der Waals surface area contributed by atoms with Crippen LogP contribution < -0.4 is 0 Å². The van der Waals surface area contributed by atoms with Gasteiger partial charge in [0.25, 0.3) is 0 Å². The van der Waals surface area contributed by atoms with Gasteiger partial charge in [-0.15, -0.1) is 0 Å². The molecule has 0 aliphatic rings. The Morgan fingerprint density at radius 3 is 0.716 bits per heavy atom. The van der Waals surface area contributed by atoms with Gasteiger partial charge in [0.2, 0.25) is 0 Å². The lowest BCUT2D eigenvalue weighted by molar-refractivity contribution is -0.145. The van der Waals surface area contributed by atoms with Crippen molar-refractivity contribution in [2.75, 3.05) is 238 Å². The number of hydrogen-bond acceptors (Lipinski definition) is 20. The highest BCUT2D eigenvalue weighted by Gasteiger charge is 2.03. The second kappa shape index (κ2) is 69.5. The van der Waals surface area contributed by atoms with Crippen LogP contribution in [0.2, 0.25) is 0 Å². The zero-order chi connectivity index (χ0) is 53.1. The first-order valence-corrected chi connectivity index (χ1v) is 28.0. The monoisotopic (exact) mass is 1070 g/mol. The SMILES string of the molecule is CCCCCCCCC=CCCCCCCCC(=O)OCCOCCOCCOCCOCCOCCOCCOCCOCCOCCOCCOCCOCCOCCOCCOCCOCCOCCO. The summed E-state index contributed by atoms with van der Waals surface area (Å²) in [4.78, 5) is 11.9. The molecule has 74 heavy (non-hydrogen) atoms. The Morgan fingerprint density at radius 1 is 0.270 bits per heavy atom. The van der Waals surface area contributed by atoms with Gasteiger partial charge in [0.15, 0.2) is 0 Å². The average molecular weight is 1080 g/mol. The van der Waals surface area contributed by atoms with E-state index in [-0.39, 0.29) is 19.2 Å². The Labute approximate surface area is 446 Å². The van der Waals surface area contributed by atoms with Crippen molar-refractivity contribution in [2.24, 2.45) is 0 Å². The Kier molecular flexibility index (Phi) is 68.1. The lowest BCUT2D eigenvalue weighted by atomic mass is 10.1. The van der Waals surface area contributed by atoms with E-state index in [1.807, 2.05) is 0 Å². The standard InChI is InChI=1S/C54H106O20/c1-2-3-4-5-6-7-8-9-10-11-12-13-14-15-16-17-54(56)74-53-52-73-51-50-72-49-48-71-47-46-70-45-44-69-43-42-68-41-40-67-39-38-66-37-36-65-35-34-64-33-32-63-31-30-62-29-28-61-27-26-60-25-24-59-23-22-58-21-20-57-19-18-55/h9-10,55H,2-8,11-53H2,1H3. The van der Waals surface area contributed by atoms with E-state index in [1.54, 1.807) is 0 Å². The van der Waals surface area contributed by atoms with E-state index in [4.69, 9.17) is 90.4 Å². The Hall–Kier alpha value is -1.51. The summed E-state index contributed by atoms with van der Waals surface area (Å²) < 4.78 is 98.2. The van der Waals surface area contributed by atoms with Gasteiger partial charge < -0.3 is 90.4 Å². The van der Waals surface area contributed by atoms with E-state index >= 15 is 0 Å². The van der Waals surface area contributed by atoms with Gasteiger partial charge >= 0.3 is 5.97 Å². The highest BCUT2D eigenvalue weighted by Crippen LogP contribution is 2.10. The molecule has 0 amide bonds. The van der Waals surface area contributed by atoms with E-state index in [0.717, 1.165) is 12.8 Å². The van der Waals surface area contributed by atoms with E-state index in [1.165, 1.54) is 70.6 Å². The predicted molar refractivity (Wildman–Crippen MR) is 281 cm³/mol. The summed E-state index contributed by atoms with van der Waals surface area (Å²) >= 11 is 0. The van der Waals surface area contributed by atoms with Crippen molar-refractivity contribution < 1.29 is 95.2 Å². The maximum Gasteiger partial charge on any atom is 0.305 e. The van der Waals surface area contributed by atoms with E-state index in [0.29, 0.717) is 231 Å². The van der Waals surface area contributed by atoms with Crippen LogP contribution in [0.3, 0.4) is 0 Å². The molecule has 0 heterocycles. The first kappa shape index (κ1) is 72.5. The highest BCUT2D eigenvalue weighted by atomic mass is 16.6. The Bertz CT molecular complexity index is 1050. The highest BCUT2D eigenvalue weighted by molar-refractivity contribution is 5.69. The maximum absolute atomic E-state index is 11.9. The third-order valence-corrected chi connectivity index (χ3v) is 10.3. The number of esters is 1. The fraction of sp³-hybridized carbons (Fsp3) is 0.944. The number of hydrogen-bond donors (Lipinski definition) is 1. The molecule has 0 fully saturated rings. The summed E-state index contributed by atoms with van der Waals surface area (Å²) in [6.07, 6.45) is 21.3. The van der Waals surface area contributed by atoms with Crippen molar-refractivity contribution in [3.05, 3.63) is 12.2 Å². The minimum absolute atomic E-state index is 0.0193. The molecule has 20 nitrogen and oxygen atoms in total. The molecule has 0 aromatic heterocycles. The minimum Gasteiger partial charge on any atom is -0.463 e. The molecule has 0 aromatic rings. The van der Waals surface area contributed by atoms with Crippen LogP contribution in [-0.2, 0) is 90.1 Å². The summed E-state index contributed by atoms with van der Waals surface area (Å²) in [5, 5.41) is 8.61. The van der Waals surface area contributed by atoms with Crippen LogP contribution in [0.25, 0.3) is 0 Å². The van der Waals surface area contributed by atoms with Gasteiger partial charge in [0.1, 0.15) is 6.61 Å². The van der Waals surface area contributed by atoms with Crippen LogP contribution in [0, 0.1) is 0 Å². The predicted octanol–water partition coefficient (Wildman–Crippen LogP) is 5.84. The number of carbonyl (C=O) groups is 1. The Balaban J connectivity index is 3.13. The van der Waals surface area contributed by atoms with Gasteiger partial charge in [-0.2, -0.15) is 0 Å². The molecule has 0 unspecified atom stereocenters. The molecule has 0 rings (SSSR count). The number of rotatable bonds is 68. The molecule has 0 bridgehead atoms. The number of allylic oxidation sites excluding steroid dienone is 2. The normalized spacial score (nSPS) is 11.8. The second-order valence-corrected chi connectivity index (χ2v) is 16.7. The van der Waals surface area contributed by atoms with Crippen LogP contribution >= 0.6 is 0 Å². The fourth-order valence-electron chi connectivity index (χ4n) is 6.31. The number of carbonyl (C=O) groups excluding carboxylic acids is 1. The second-order valence-electron chi connectivity index (χ2n) is 16.7. The topological polar surface area (TPSA) is 203 Å². The molecule has 0 aliphatic carbocycles. The average Bonchev–Trinajstić information content (AvgIpc) is 3.41. The lowest BCUT2D eigenvalue weighted by Gasteiger charge is -2.09. The van der Waals surface area contributed by atoms with E-state index < -0.39 is 0 Å². The fourth-order valence-corrected chi connectivity index (χ4v) is 6.31. The molecule has 442 valence electrons. The van der Waals surface area contributed by atoms with Gasteiger partial charge in [0.05, 0.1) is 231 Å². The zero-order valence-corrected chi connectivity index (χ0v) is 46.2. The minimum atomic E-state index is -0.146. The molecule has 0 saturated carbocycles. The molecule has 0 spiro atoms. The van der Waals surface area contributed by atoms with Crippen molar-refractivity contribution in [3.8, 4) is 0 Å². The largest absolute Gasteiger partial charge is 0.463 e. The number of aliphatic hydroxyl groups is 1. The molecule has 0 atom stereocenters. The molecular formula is C54H106O20. The summed E-state index contributed by atoms with van der Waals surface area (Å²) in [6.45, 7) is 18.8. The summed E-state index contributed by atoms with van der Waals surface area (Å²) in [7, 11) is 0. The van der Waals surface area contributed by atoms with Crippen LogP contribution in [0.5, 0.6) is 0 Å². The quantitative estimate of drug-likeness (QED) is 0.0432. The van der Waals surface area contributed by atoms with E-state index in [9.17, 15) is 4.79 Å². The van der Waals surface area contributed by atoms with Gasteiger partial charge in [-0.05, 0) is 32.1 Å². The smallest absolute Gasteiger partial charge is 0.305 e. The van der Waals surface area contributed by atoms with Gasteiger partial charge in [-0.3, -0.25) is 4.79 Å². The number of unbranched alkanes of at least 4 members (excludes halogenated alkanes) is 11. The molecule has 1 N–H and O–H groups in total. The van der Waals surface area contributed by atoms with Crippen molar-refractivity contribution in [2.45, 2.75) is 96.8 Å². The van der Waals surface area contributed by atoms with Crippen molar-refractivity contribution >= 4 is 5.97 Å². The molecule has 20 heteroatoms. The first-order valence-electron chi connectivity index (χ1n) is 28.0. The zero-order valence-electron chi connectivity index (χ0n) is 46.2.